The molecular formula is C28H28N6. The van der Waals surface area contributed by atoms with Gasteiger partial charge >= 0.3 is 0 Å². The molecule has 0 radical (unpaired) electrons. The Labute approximate surface area is 200 Å². The van der Waals surface area contributed by atoms with Crippen molar-refractivity contribution in [2.24, 2.45) is 5.92 Å². The number of aromatic nitrogens is 3. The zero-order valence-electron chi connectivity index (χ0n) is 19.6. The molecule has 2 aromatic carbocycles. The Morgan fingerprint density at radius 1 is 1.09 bits per heavy atom. The van der Waals surface area contributed by atoms with Crippen LogP contribution < -0.4 is 10.2 Å². The Balaban J connectivity index is 1.41. The molecule has 0 saturated carbocycles. The van der Waals surface area contributed by atoms with Gasteiger partial charge in [-0.25, -0.2) is 4.98 Å². The fourth-order valence-electron chi connectivity index (χ4n) is 5.42. The van der Waals surface area contributed by atoms with Crippen molar-refractivity contribution in [3.05, 3.63) is 77.7 Å². The first-order chi connectivity index (χ1) is 16.6. The molecule has 34 heavy (non-hydrogen) atoms. The molecule has 1 fully saturated rings. The van der Waals surface area contributed by atoms with E-state index in [2.05, 4.69) is 69.0 Å². The highest BCUT2D eigenvalue weighted by molar-refractivity contribution is 5.72. The largest absolute Gasteiger partial charge is 0.371 e. The second-order valence-corrected chi connectivity index (χ2v) is 9.48. The summed E-state index contributed by atoms with van der Waals surface area (Å²) in [5, 5.41) is 12.5. The minimum absolute atomic E-state index is 0.677. The molecule has 1 N–H and O–H groups in total. The molecule has 0 spiro atoms. The van der Waals surface area contributed by atoms with E-state index < -0.39 is 0 Å². The highest BCUT2D eigenvalue weighted by Gasteiger charge is 2.25. The van der Waals surface area contributed by atoms with Crippen molar-refractivity contribution < 1.29 is 0 Å². The molecular weight excluding hydrogens is 420 g/mol. The molecule has 6 rings (SSSR count). The number of anilines is 1. The molecule has 4 aromatic rings. The van der Waals surface area contributed by atoms with E-state index in [0.29, 0.717) is 11.5 Å². The van der Waals surface area contributed by atoms with Gasteiger partial charge in [-0.15, -0.1) is 0 Å². The zero-order chi connectivity index (χ0) is 23.2. The van der Waals surface area contributed by atoms with Gasteiger partial charge in [0.1, 0.15) is 0 Å². The number of nitrogens with one attached hydrogen (secondary N) is 1. The van der Waals surface area contributed by atoms with Crippen LogP contribution in [0.5, 0.6) is 0 Å². The number of nitriles is 1. The average molecular weight is 449 g/mol. The number of hydrogen-bond donors (Lipinski definition) is 1. The average Bonchev–Trinajstić information content (AvgIpc) is 3.57. The van der Waals surface area contributed by atoms with Crippen LogP contribution in [0.3, 0.4) is 0 Å². The smallest absolute Gasteiger partial charge is 0.161 e. The highest BCUT2D eigenvalue weighted by atomic mass is 15.2. The van der Waals surface area contributed by atoms with Gasteiger partial charge in [0, 0.05) is 43.3 Å². The molecule has 2 aliphatic heterocycles. The van der Waals surface area contributed by atoms with Gasteiger partial charge in [0.15, 0.2) is 5.82 Å². The fraction of sp³-hybridized carbons (Fsp3) is 0.286. The topological polar surface area (TPSA) is 61.8 Å². The van der Waals surface area contributed by atoms with Crippen LogP contribution >= 0.6 is 0 Å². The van der Waals surface area contributed by atoms with Gasteiger partial charge in [-0.3, -0.25) is 4.57 Å². The second-order valence-electron chi connectivity index (χ2n) is 9.48. The number of aryl methyl sites for hydroxylation is 1. The summed E-state index contributed by atoms with van der Waals surface area (Å²) in [7, 11) is 2.04. The van der Waals surface area contributed by atoms with E-state index in [1.54, 1.807) is 0 Å². The summed E-state index contributed by atoms with van der Waals surface area (Å²) in [5.41, 5.74) is 8.85. The minimum atomic E-state index is 0.677. The lowest BCUT2D eigenvalue weighted by Gasteiger charge is -2.21. The lowest BCUT2D eigenvalue weighted by Crippen LogP contribution is -2.24. The van der Waals surface area contributed by atoms with Gasteiger partial charge in [-0.2, -0.15) is 5.26 Å². The Hall–Kier alpha value is -3.82. The van der Waals surface area contributed by atoms with Crippen LogP contribution in [-0.4, -0.2) is 40.8 Å². The van der Waals surface area contributed by atoms with Crippen LogP contribution in [0.25, 0.3) is 28.3 Å². The Kier molecular flexibility index (Phi) is 5.00. The molecule has 6 nitrogen and oxygen atoms in total. The van der Waals surface area contributed by atoms with Crippen molar-refractivity contribution in [2.45, 2.75) is 19.9 Å². The van der Waals surface area contributed by atoms with Crippen molar-refractivity contribution in [1.29, 1.82) is 5.26 Å². The monoisotopic (exact) mass is 448 g/mol. The van der Waals surface area contributed by atoms with Gasteiger partial charge < -0.3 is 14.8 Å². The molecule has 2 aromatic heterocycles. The van der Waals surface area contributed by atoms with Gasteiger partial charge in [-0.1, -0.05) is 12.1 Å². The number of imidazole rings is 1. The maximum atomic E-state index is 9.14. The van der Waals surface area contributed by atoms with Gasteiger partial charge in [0.25, 0.3) is 0 Å². The number of rotatable bonds is 4. The first-order valence-electron chi connectivity index (χ1n) is 11.9. The van der Waals surface area contributed by atoms with Crippen LogP contribution in [0.2, 0.25) is 0 Å². The standard InChI is InChI=1S/C28H28N6/c1-19-15-34-26-8-7-25(32-10-9-21(16-32)14-30-2)11-24(26)18-33-17-23(12-27(33)28(34)31-19)22-5-3-20(13-29)4-6-22/h3-8,11-12,15,17,21,30H,9-10,14,16,18H2,1-2H3. The molecule has 6 heteroatoms. The van der Waals surface area contributed by atoms with Crippen molar-refractivity contribution in [2.75, 3.05) is 31.6 Å². The summed E-state index contributed by atoms with van der Waals surface area (Å²) in [6.07, 6.45) is 5.58. The molecule has 1 saturated heterocycles. The van der Waals surface area contributed by atoms with Gasteiger partial charge in [0.05, 0.1) is 28.7 Å². The van der Waals surface area contributed by atoms with E-state index in [1.165, 1.54) is 23.4 Å². The van der Waals surface area contributed by atoms with E-state index in [9.17, 15) is 0 Å². The molecule has 0 bridgehead atoms. The van der Waals surface area contributed by atoms with Crippen LogP contribution in [0.1, 0.15) is 23.2 Å². The summed E-state index contributed by atoms with van der Waals surface area (Å²) in [4.78, 5) is 7.42. The van der Waals surface area contributed by atoms with E-state index in [1.807, 2.05) is 31.3 Å². The van der Waals surface area contributed by atoms with E-state index in [-0.39, 0.29) is 0 Å². The summed E-state index contributed by atoms with van der Waals surface area (Å²) in [6.45, 7) is 6.14. The highest BCUT2D eigenvalue weighted by Crippen LogP contribution is 2.36. The molecule has 2 aliphatic rings. The summed E-state index contributed by atoms with van der Waals surface area (Å²) in [5.74, 6) is 1.68. The van der Waals surface area contributed by atoms with Crippen LogP contribution in [-0.2, 0) is 6.54 Å². The van der Waals surface area contributed by atoms with E-state index in [0.717, 1.165) is 54.5 Å². The van der Waals surface area contributed by atoms with E-state index >= 15 is 0 Å². The van der Waals surface area contributed by atoms with Crippen molar-refractivity contribution in [1.82, 2.24) is 19.4 Å². The fourth-order valence-corrected chi connectivity index (χ4v) is 5.42. The second kappa shape index (κ2) is 8.19. The number of nitrogens with zero attached hydrogens (tertiary/aromatic N) is 5. The van der Waals surface area contributed by atoms with Crippen LogP contribution in [0.4, 0.5) is 5.69 Å². The third-order valence-electron chi connectivity index (χ3n) is 7.11. The third-order valence-corrected chi connectivity index (χ3v) is 7.11. The molecule has 0 amide bonds. The zero-order valence-corrected chi connectivity index (χ0v) is 19.6. The molecule has 1 unspecified atom stereocenters. The predicted octanol–water partition coefficient (Wildman–Crippen LogP) is 4.60. The normalized spacial score (nSPS) is 16.5. The van der Waals surface area contributed by atoms with Gasteiger partial charge in [0.2, 0.25) is 0 Å². The molecule has 170 valence electrons. The SMILES string of the molecule is CNCC1CCN(c2ccc3c(c2)Cn2cc(-c4ccc(C#N)cc4)cc2-c2nc(C)cn2-3)C1. The lowest BCUT2D eigenvalue weighted by atomic mass is 10.1. The number of hydrogen-bond acceptors (Lipinski definition) is 4. The summed E-state index contributed by atoms with van der Waals surface area (Å²) >= 11 is 0. The van der Waals surface area contributed by atoms with Crippen molar-refractivity contribution in [3.8, 4) is 34.4 Å². The quantitative estimate of drug-likeness (QED) is 0.437. The molecule has 1 atom stereocenters. The predicted molar refractivity (Wildman–Crippen MR) is 135 cm³/mol. The summed E-state index contributed by atoms with van der Waals surface area (Å²) in [6, 6.07) is 19.1. The first kappa shape index (κ1) is 20.8. The van der Waals surface area contributed by atoms with Crippen molar-refractivity contribution in [3.63, 3.8) is 0 Å². The minimum Gasteiger partial charge on any atom is -0.371 e. The Morgan fingerprint density at radius 3 is 2.74 bits per heavy atom. The van der Waals surface area contributed by atoms with Crippen molar-refractivity contribution >= 4 is 5.69 Å². The van der Waals surface area contributed by atoms with Crippen LogP contribution in [0, 0.1) is 24.2 Å². The number of fused-ring (bicyclic) bond motifs is 5. The van der Waals surface area contributed by atoms with Gasteiger partial charge in [-0.05, 0) is 80.4 Å². The Morgan fingerprint density at radius 2 is 1.94 bits per heavy atom. The molecule has 0 aliphatic carbocycles. The van der Waals surface area contributed by atoms with Crippen LogP contribution in [0.15, 0.2) is 60.9 Å². The Bertz CT molecular complexity index is 1400. The lowest BCUT2D eigenvalue weighted by molar-refractivity contribution is 0.549. The maximum Gasteiger partial charge on any atom is 0.161 e. The summed E-state index contributed by atoms with van der Waals surface area (Å²) < 4.78 is 4.55. The maximum absolute atomic E-state index is 9.14. The third kappa shape index (κ3) is 3.49. The first-order valence-corrected chi connectivity index (χ1v) is 11.9. The molecule has 4 heterocycles. The van der Waals surface area contributed by atoms with E-state index in [4.69, 9.17) is 10.2 Å². The number of benzene rings is 2.